The van der Waals surface area contributed by atoms with E-state index in [1.54, 1.807) is 12.3 Å². The number of hydrogen-bond donors (Lipinski definition) is 1. The van der Waals surface area contributed by atoms with Crippen LogP contribution in [0.2, 0.25) is 0 Å². The molecule has 0 bridgehead atoms. The van der Waals surface area contributed by atoms with Crippen LogP contribution in [0, 0.1) is 5.82 Å². The van der Waals surface area contributed by atoms with Crippen molar-refractivity contribution in [3.8, 4) is 11.4 Å². The fourth-order valence-electron chi connectivity index (χ4n) is 3.97. The Kier molecular flexibility index (Phi) is 4.74. The van der Waals surface area contributed by atoms with Gasteiger partial charge in [0.25, 0.3) is 0 Å². The van der Waals surface area contributed by atoms with E-state index in [1.165, 1.54) is 24.3 Å². The largest absolute Gasteiger partial charge is 0.416 e. The number of nitrogens with zero attached hydrogens (tertiary/aromatic N) is 3. The minimum atomic E-state index is -4.37. The predicted octanol–water partition coefficient (Wildman–Crippen LogP) is 5.34. The third-order valence-corrected chi connectivity index (χ3v) is 5.62. The maximum atomic E-state index is 13.4. The molecular formula is C23H18F4N4. The summed E-state index contributed by atoms with van der Waals surface area (Å²) in [5, 5.41) is 0.986. The van der Waals surface area contributed by atoms with Crippen molar-refractivity contribution in [3.05, 3.63) is 83.1 Å². The topological polar surface area (TPSA) is 44.8 Å². The van der Waals surface area contributed by atoms with Crippen LogP contribution in [-0.4, -0.2) is 26.4 Å². The first kappa shape index (κ1) is 19.7. The highest BCUT2D eigenvalue weighted by molar-refractivity contribution is 5.83. The zero-order valence-electron chi connectivity index (χ0n) is 16.4. The summed E-state index contributed by atoms with van der Waals surface area (Å²) in [6, 6.07) is 9.60. The number of benzene rings is 2. The molecule has 0 atom stereocenters. The molecule has 1 N–H and O–H groups in total. The first-order chi connectivity index (χ1) is 14.9. The number of aromatic amines is 1. The highest BCUT2D eigenvalue weighted by atomic mass is 19.4. The summed E-state index contributed by atoms with van der Waals surface area (Å²) in [5.74, 6) is 0.136. The molecule has 0 amide bonds. The van der Waals surface area contributed by atoms with Crippen LogP contribution >= 0.6 is 0 Å². The average molecular weight is 426 g/mol. The van der Waals surface area contributed by atoms with Crippen molar-refractivity contribution >= 4 is 10.9 Å². The summed E-state index contributed by atoms with van der Waals surface area (Å²) >= 11 is 0. The maximum absolute atomic E-state index is 13.4. The van der Waals surface area contributed by atoms with Gasteiger partial charge in [-0.15, -0.1) is 0 Å². The molecule has 1 aliphatic heterocycles. The number of nitrogens with one attached hydrogen (secondary N) is 1. The van der Waals surface area contributed by atoms with Gasteiger partial charge in [-0.2, -0.15) is 13.2 Å². The van der Waals surface area contributed by atoms with E-state index in [0.29, 0.717) is 24.5 Å². The number of halogens is 4. The number of hydrogen-bond acceptors (Lipinski definition) is 3. The van der Waals surface area contributed by atoms with E-state index in [9.17, 15) is 17.6 Å². The van der Waals surface area contributed by atoms with Crippen LogP contribution in [0.15, 0.2) is 54.9 Å². The van der Waals surface area contributed by atoms with Gasteiger partial charge in [0.2, 0.25) is 0 Å². The van der Waals surface area contributed by atoms with Crippen LogP contribution in [0.25, 0.3) is 22.3 Å². The van der Waals surface area contributed by atoms with E-state index in [2.05, 4.69) is 19.9 Å². The smallest absolute Gasteiger partial charge is 0.361 e. The molecule has 1 aliphatic rings. The molecular weight excluding hydrogens is 408 g/mol. The van der Waals surface area contributed by atoms with E-state index in [0.717, 1.165) is 52.8 Å². The minimum Gasteiger partial charge on any atom is -0.361 e. The van der Waals surface area contributed by atoms with Crippen LogP contribution in [0.4, 0.5) is 17.6 Å². The molecule has 0 spiro atoms. The lowest BCUT2D eigenvalue weighted by atomic mass is 10.0. The minimum absolute atomic E-state index is 0.278. The molecule has 2 aromatic heterocycles. The van der Waals surface area contributed by atoms with Crippen molar-refractivity contribution in [2.24, 2.45) is 0 Å². The molecule has 2 aromatic carbocycles. The number of aromatic nitrogens is 3. The molecule has 0 fully saturated rings. The lowest BCUT2D eigenvalue weighted by molar-refractivity contribution is -0.137. The van der Waals surface area contributed by atoms with E-state index in [-0.39, 0.29) is 5.82 Å². The quantitative estimate of drug-likeness (QED) is 0.450. The molecule has 5 rings (SSSR count). The lowest BCUT2D eigenvalue weighted by Gasteiger charge is -2.27. The van der Waals surface area contributed by atoms with Crippen molar-refractivity contribution in [2.75, 3.05) is 6.54 Å². The second-order valence-electron chi connectivity index (χ2n) is 7.71. The second kappa shape index (κ2) is 7.46. The van der Waals surface area contributed by atoms with Crippen LogP contribution in [0.5, 0.6) is 0 Å². The summed E-state index contributed by atoms with van der Waals surface area (Å²) < 4.78 is 51.8. The Bertz CT molecular complexity index is 1240. The van der Waals surface area contributed by atoms with Crippen molar-refractivity contribution in [1.82, 2.24) is 19.9 Å². The van der Waals surface area contributed by atoms with Crippen molar-refractivity contribution in [1.29, 1.82) is 0 Å². The SMILES string of the molecule is Fc1ccc2c(CN3CCc4cnc(-c5ccc(C(F)(F)F)cc5)nc4C3)c[nH]c2c1. The molecule has 0 aliphatic carbocycles. The predicted molar refractivity (Wildman–Crippen MR) is 109 cm³/mol. The zero-order chi connectivity index (χ0) is 21.6. The second-order valence-corrected chi connectivity index (χ2v) is 7.71. The molecule has 31 heavy (non-hydrogen) atoms. The molecule has 0 unspecified atom stereocenters. The monoisotopic (exact) mass is 426 g/mol. The summed E-state index contributed by atoms with van der Waals surface area (Å²) in [6.07, 6.45) is 0.0812. The van der Waals surface area contributed by atoms with Gasteiger partial charge in [-0.3, -0.25) is 4.90 Å². The van der Waals surface area contributed by atoms with Crippen molar-refractivity contribution < 1.29 is 17.6 Å². The van der Waals surface area contributed by atoms with Crippen LogP contribution in [0.3, 0.4) is 0 Å². The van der Waals surface area contributed by atoms with E-state index in [1.807, 2.05) is 6.20 Å². The summed E-state index contributed by atoms with van der Waals surface area (Å²) in [5.41, 5.74) is 3.62. The van der Waals surface area contributed by atoms with Gasteiger partial charge >= 0.3 is 6.18 Å². The van der Waals surface area contributed by atoms with E-state index >= 15 is 0 Å². The zero-order valence-corrected chi connectivity index (χ0v) is 16.4. The molecule has 3 heterocycles. The van der Waals surface area contributed by atoms with Gasteiger partial charge in [0.1, 0.15) is 5.82 Å². The maximum Gasteiger partial charge on any atom is 0.416 e. The van der Waals surface area contributed by atoms with Crippen molar-refractivity contribution in [2.45, 2.75) is 25.7 Å². The standard InChI is InChI=1S/C23H18F4N4/c24-18-5-6-19-16(11-28-20(19)9-18)12-31-8-7-15-10-29-22(30-21(15)13-31)14-1-3-17(4-2-14)23(25,26)27/h1-6,9-11,28H,7-8,12-13H2. The molecule has 8 heteroatoms. The third kappa shape index (κ3) is 3.90. The van der Waals surface area contributed by atoms with Gasteiger partial charge in [-0.05, 0) is 47.9 Å². The number of rotatable bonds is 3. The fraction of sp³-hybridized carbons (Fsp3) is 0.217. The molecule has 0 saturated heterocycles. The first-order valence-electron chi connectivity index (χ1n) is 9.87. The molecule has 0 saturated carbocycles. The molecule has 158 valence electrons. The highest BCUT2D eigenvalue weighted by Gasteiger charge is 2.30. The highest BCUT2D eigenvalue weighted by Crippen LogP contribution is 2.31. The van der Waals surface area contributed by atoms with Gasteiger partial charge in [0.15, 0.2) is 5.82 Å². The van der Waals surface area contributed by atoms with Crippen LogP contribution < -0.4 is 0 Å². The normalized spacial score (nSPS) is 14.7. The van der Waals surface area contributed by atoms with Crippen molar-refractivity contribution in [3.63, 3.8) is 0 Å². The van der Waals surface area contributed by atoms with Gasteiger partial charge in [0.05, 0.1) is 11.3 Å². The Morgan fingerprint density at radius 2 is 1.87 bits per heavy atom. The Labute approximate surface area is 175 Å². The molecule has 0 radical (unpaired) electrons. The number of alkyl halides is 3. The van der Waals surface area contributed by atoms with Gasteiger partial charge < -0.3 is 4.98 Å². The van der Waals surface area contributed by atoms with E-state index < -0.39 is 11.7 Å². The first-order valence-corrected chi connectivity index (χ1v) is 9.87. The van der Waals surface area contributed by atoms with Crippen LogP contribution in [-0.2, 0) is 25.7 Å². The number of fused-ring (bicyclic) bond motifs is 2. The van der Waals surface area contributed by atoms with Gasteiger partial charge in [-0.1, -0.05) is 12.1 Å². The van der Waals surface area contributed by atoms with Gasteiger partial charge in [-0.25, -0.2) is 14.4 Å². The Balaban J connectivity index is 1.37. The average Bonchev–Trinajstić information content (AvgIpc) is 3.14. The van der Waals surface area contributed by atoms with Gasteiger partial charge in [0, 0.05) is 48.5 Å². The Morgan fingerprint density at radius 1 is 1.06 bits per heavy atom. The van der Waals surface area contributed by atoms with Crippen LogP contribution in [0.1, 0.15) is 22.4 Å². The molecule has 4 nitrogen and oxygen atoms in total. The lowest BCUT2D eigenvalue weighted by Crippen LogP contribution is -2.31. The third-order valence-electron chi connectivity index (χ3n) is 5.62. The Hall–Kier alpha value is -3.26. The Morgan fingerprint density at radius 3 is 2.65 bits per heavy atom. The summed E-state index contributed by atoms with van der Waals surface area (Å²) in [6.45, 7) is 2.13. The molecule has 4 aromatic rings. The number of H-pyrrole nitrogens is 1. The summed E-state index contributed by atoms with van der Waals surface area (Å²) in [7, 11) is 0. The fourth-order valence-corrected chi connectivity index (χ4v) is 3.97. The van der Waals surface area contributed by atoms with E-state index in [4.69, 9.17) is 0 Å². The summed E-state index contributed by atoms with van der Waals surface area (Å²) in [4.78, 5) is 14.3.